The number of benzene rings is 2. The minimum absolute atomic E-state index is 0.0134. The van der Waals surface area contributed by atoms with Gasteiger partial charge in [0.15, 0.2) is 0 Å². The van der Waals surface area contributed by atoms with Crippen molar-refractivity contribution in [2.45, 2.75) is 57.2 Å². The molecule has 1 aliphatic carbocycles. The molecule has 1 saturated carbocycles. The maximum Gasteiger partial charge on any atom is 0.248 e. The molecule has 38 heavy (non-hydrogen) atoms. The molecule has 2 aliphatic heterocycles. The summed E-state index contributed by atoms with van der Waals surface area (Å²) >= 11 is 0. The summed E-state index contributed by atoms with van der Waals surface area (Å²) in [6, 6.07) is 12.1. The Bertz CT molecular complexity index is 1390. The first-order valence-electron chi connectivity index (χ1n) is 13.4. The molecule has 8 heteroatoms. The molecule has 2 saturated heterocycles. The fourth-order valence-electron chi connectivity index (χ4n) is 6.06. The average molecular weight is 520 g/mol. The van der Waals surface area contributed by atoms with Crippen LogP contribution in [0.15, 0.2) is 48.7 Å². The van der Waals surface area contributed by atoms with Gasteiger partial charge in [0.25, 0.3) is 0 Å². The summed E-state index contributed by atoms with van der Waals surface area (Å²) in [4.78, 5) is 33.4. The Morgan fingerprint density at radius 2 is 1.89 bits per heavy atom. The number of hydrogen-bond donors (Lipinski definition) is 0. The Morgan fingerprint density at radius 3 is 2.66 bits per heavy atom. The largest absolute Gasteiger partial charge is 0.363 e. The summed E-state index contributed by atoms with van der Waals surface area (Å²) in [6.07, 6.45) is 5.51. The standard InChI is InChI=1S/C30H31F2N3O3/c1-2-4-21-14-27(21)35-18-30(38-17-29(35)37)8-10-34(28(36)15-30)16-23-24(31)11-22(12-25(23)32)20-7-6-19-5-3-9-33-26(19)13-20/h3,5-7,9,11-13,21,27H,2,4,8,10,14-18H2,1H3. The highest BCUT2D eigenvalue weighted by Gasteiger charge is 2.51. The van der Waals surface area contributed by atoms with Crippen molar-refractivity contribution in [2.75, 3.05) is 19.7 Å². The van der Waals surface area contributed by atoms with Gasteiger partial charge in [0.1, 0.15) is 18.2 Å². The second-order valence-corrected chi connectivity index (χ2v) is 10.9. The number of halogens is 2. The van der Waals surface area contributed by atoms with Crippen molar-refractivity contribution in [3.63, 3.8) is 0 Å². The normalized spacial score (nSPS) is 25.4. The van der Waals surface area contributed by atoms with E-state index in [4.69, 9.17) is 4.74 Å². The monoisotopic (exact) mass is 519 g/mol. The van der Waals surface area contributed by atoms with Gasteiger partial charge in [-0.3, -0.25) is 14.6 Å². The summed E-state index contributed by atoms with van der Waals surface area (Å²) in [6.45, 7) is 2.72. The molecule has 3 unspecified atom stereocenters. The highest BCUT2D eigenvalue weighted by molar-refractivity contribution is 5.84. The van der Waals surface area contributed by atoms with E-state index in [2.05, 4.69) is 11.9 Å². The molecule has 3 aliphatic rings. The maximum absolute atomic E-state index is 15.2. The zero-order chi connectivity index (χ0) is 26.4. The molecule has 1 aromatic heterocycles. The van der Waals surface area contributed by atoms with Crippen molar-refractivity contribution in [3.8, 4) is 11.1 Å². The van der Waals surface area contributed by atoms with E-state index in [-0.39, 0.29) is 43.0 Å². The lowest BCUT2D eigenvalue weighted by Gasteiger charge is -2.46. The van der Waals surface area contributed by atoms with Gasteiger partial charge in [-0.05, 0) is 60.6 Å². The first-order valence-corrected chi connectivity index (χ1v) is 13.4. The van der Waals surface area contributed by atoms with Crippen molar-refractivity contribution in [2.24, 2.45) is 5.92 Å². The molecule has 3 fully saturated rings. The number of likely N-dealkylation sites (tertiary alicyclic amines) is 1. The zero-order valence-corrected chi connectivity index (χ0v) is 21.5. The second kappa shape index (κ2) is 9.73. The third kappa shape index (κ3) is 4.66. The third-order valence-corrected chi connectivity index (χ3v) is 8.32. The summed E-state index contributed by atoms with van der Waals surface area (Å²) in [5.41, 5.74) is 0.990. The number of carbonyl (C=O) groups excluding carboxylic acids is 2. The molecule has 2 aromatic carbocycles. The lowest BCUT2D eigenvalue weighted by molar-refractivity contribution is -0.179. The number of nitrogens with zero attached hydrogens (tertiary/aromatic N) is 3. The second-order valence-electron chi connectivity index (χ2n) is 10.9. The van der Waals surface area contributed by atoms with Crippen LogP contribution in [-0.4, -0.2) is 57.9 Å². The number of pyridine rings is 1. The molecule has 6 nitrogen and oxygen atoms in total. The summed E-state index contributed by atoms with van der Waals surface area (Å²) < 4.78 is 36.3. The number of ether oxygens (including phenoxy) is 1. The molecule has 2 amide bonds. The molecule has 3 atom stereocenters. The van der Waals surface area contributed by atoms with E-state index >= 15 is 8.78 Å². The molecule has 3 heterocycles. The highest BCUT2D eigenvalue weighted by atomic mass is 19.1. The maximum atomic E-state index is 15.2. The van der Waals surface area contributed by atoms with Crippen LogP contribution in [0.3, 0.4) is 0 Å². The molecule has 0 N–H and O–H groups in total. The average Bonchev–Trinajstić information content (AvgIpc) is 3.68. The quantitative estimate of drug-likeness (QED) is 0.455. The predicted molar refractivity (Wildman–Crippen MR) is 139 cm³/mol. The van der Waals surface area contributed by atoms with Gasteiger partial charge in [-0.2, -0.15) is 0 Å². The lowest BCUT2D eigenvalue weighted by Crippen LogP contribution is -2.60. The molecular formula is C30H31F2N3O3. The zero-order valence-electron chi connectivity index (χ0n) is 21.5. The van der Waals surface area contributed by atoms with E-state index in [9.17, 15) is 9.59 Å². The Hall–Kier alpha value is -3.39. The van der Waals surface area contributed by atoms with Crippen LogP contribution in [0.2, 0.25) is 0 Å². The molecule has 6 rings (SSSR count). The summed E-state index contributed by atoms with van der Waals surface area (Å²) in [5, 5.41) is 0.947. The number of hydrogen-bond acceptors (Lipinski definition) is 4. The highest BCUT2D eigenvalue weighted by Crippen LogP contribution is 2.43. The molecule has 0 radical (unpaired) electrons. The first-order chi connectivity index (χ1) is 18.4. The van der Waals surface area contributed by atoms with Gasteiger partial charge in [0.2, 0.25) is 11.8 Å². The van der Waals surface area contributed by atoms with Gasteiger partial charge in [-0.15, -0.1) is 0 Å². The molecule has 198 valence electrons. The first kappa shape index (κ1) is 24.9. The van der Waals surface area contributed by atoms with Crippen LogP contribution < -0.4 is 0 Å². The van der Waals surface area contributed by atoms with Crippen molar-refractivity contribution in [1.29, 1.82) is 0 Å². The molecule has 0 bridgehead atoms. The third-order valence-electron chi connectivity index (χ3n) is 8.32. The summed E-state index contributed by atoms with van der Waals surface area (Å²) in [5.74, 6) is -1.06. The Labute approximate surface area is 220 Å². The minimum Gasteiger partial charge on any atom is -0.363 e. The van der Waals surface area contributed by atoms with Crippen LogP contribution in [0.4, 0.5) is 8.78 Å². The van der Waals surface area contributed by atoms with Crippen LogP contribution >= 0.6 is 0 Å². The van der Waals surface area contributed by atoms with E-state index in [1.807, 2.05) is 29.2 Å². The van der Waals surface area contributed by atoms with Crippen LogP contribution in [0.1, 0.15) is 44.6 Å². The number of amides is 2. The van der Waals surface area contributed by atoms with E-state index in [1.54, 1.807) is 12.3 Å². The van der Waals surface area contributed by atoms with Crippen molar-refractivity contribution >= 4 is 22.7 Å². The number of morpholine rings is 1. The van der Waals surface area contributed by atoms with Crippen LogP contribution in [0.25, 0.3) is 22.0 Å². The van der Waals surface area contributed by atoms with Crippen molar-refractivity contribution < 1.29 is 23.1 Å². The van der Waals surface area contributed by atoms with Crippen LogP contribution in [-0.2, 0) is 20.9 Å². The Kier molecular flexibility index (Phi) is 6.38. The van der Waals surface area contributed by atoms with E-state index in [0.29, 0.717) is 36.6 Å². The Balaban J connectivity index is 1.15. The van der Waals surface area contributed by atoms with Gasteiger partial charge < -0.3 is 14.5 Å². The Morgan fingerprint density at radius 1 is 1.08 bits per heavy atom. The fourth-order valence-corrected chi connectivity index (χ4v) is 6.06. The van der Waals surface area contributed by atoms with Gasteiger partial charge in [0, 0.05) is 29.7 Å². The summed E-state index contributed by atoms with van der Waals surface area (Å²) in [7, 11) is 0. The SMILES string of the molecule is CCCC1CC1N1CC2(CCN(Cc3c(F)cc(-c4ccc5cccnc5c4)cc3F)C(=O)C2)OCC1=O. The van der Waals surface area contributed by atoms with E-state index < -0.39 is 17.2 Å². The smallest absolute Gasteiger partial charge is 0.248 e. The number of aromatic nitrogens is 1. The molecular weight excluding hydrogens is 488 g/mol. The van der Waals surface area contributed by atoms with E-state index in [1.165, 1.54) is 17.0 Å². The van der Waals surface area contributed by atoms with Crippen LogP contribution in [0, 0.1) is 17.6 Å². The van der Waals surface area contributed by atoms with Gasteiger partial charge in [0.05, 0.1) is 30.6 Å². The van der Waals surface area contributed by atoms with Crippen LogP contribution in [0.5, 0.6) is 0 Å². The topological polar surface area (TPSA) is 62.7 Å². The fraction of sp³-hybridized carbons (Fsp3) is 0.433. The molecule has 3 aromatic rings. The van der Waals surface area contributed by atoms with Gasteiger partial charge in [-0.25, -0.2) is 8.78 Å². The van der Waals surface area contributed by atoms with Crippen molar-refractivity contribution in [1.82, 2.24) is 14.8 Å². The predicted octanol–water partition coefficient (Wildman–Crippen LogP) is 5.09. The van der Waals surface area contributed by atoms with Gasteiger partial charge in [-0.1, -0.05) is 31.5 Å². The number of piperidine rings is 1. The minimum atomic E-state index is -0.716. The lowest BCUT2D eigenvalue weighted by atomic mass is 9.88. The number of carbonyl (C=O) groups is 2. The van der Waals surface area contributed by atoms with E-state index in [0.717, 1.165) is 30.2 Å². The number of fused-ring (bicyclic) bond motifs is 1. The molecule has 1 spiro atoms. The number of rotatable bonds is 6. The van der Waals surface area contributed by atoms with Gasteiger partial charge >= 0.3 is 0 Å². The van der Waals surface area contributed by atoms with Crippen molar-refractivity contribution in [3.05, 3.63) is 65.9 Å².